The first-order chi connectivity index (χ1) is 8.06. The molecule has 0 aromatic heterocycles. The Morgan fingerprint density at radius 3 is 2.06 bits per heavy atom. The number of benzene rings is 1. The lowest BCUT2D eigenvalue weighted by Gasteiger charge is -2.23. The van der Waals surface area contributed by atoms with E-state index in [9.17, 15) is 0 Å². The number of ether oxygens (including phenoxy) is 1. The van der Waals surface area contributed by atoms with Crippen LogP contribution in [0.5, 0.6) is 5.75 Å². The highest BCUT2D eigenvalue weighted by molar-refractivity contribution is 5.42. The van der Waals surface area contributed by atoms with Gasteiger partial charge in [-0.2, -0.15) is 0 Å². The van der Waals surface area contributed by atoms with E-state index in [4.69, 9.17) is 10.5 Å². The summed E-state index contributed by atoms with van der Waals surface area (Å²) >= 11 is 0. The maximum atomic E-state index is 6.41. The van der Waals surface area contributed by atoms with Crippen LogP contribution in [0.3, 0.4) is 0 Å². The molecule has 0 unspecified atom stereocenters. The van der Waals surface area contributed by atoms with Gasteiger partial charge in [0, 0.05) is 11.0 Å². The fourth-order valence-electron chi connectivity index (χ4n) is 2.94. The first kappa shape index (κ1) is 11.1. The van der Waals surface area contributed by atoms with Crippen molar-refractivity contribution >= 4 is 0 Å². The second-order valence-electron chi connectivity index (χ2n) is 5.93. The molecule has 2 nitrogen and oxygen atoms in total. The van der Waals surface area contributed by atoms with Crippen LogP contribution in [0.1, 0.15) is 45.1 Å². The molecule has 0 bridgehead atoms. The van der Waals surface area contributed by atoms with Gasteiger partial charge >= 0.3 is 0 Å². The maximum Gasteiger partial charge on any atom is 0.119 e. The molecule has 0 saturated heterocycles. The van der Waals surface area contributed by atoms with Crippen LogP contribution < -0.4 is 10.5 Å². The van der Waals surface area contributed by atoms with Crippen LogP contribution in [0.25, 0.3) is 0 Å². The molecule has 0 atom stereocenters. The van der Waals surface area contributed by atoms with Crippen LogP contribution in [0.2, 0.25) is 0 Å². The normalized spacial score (nSPS) is 23.5. The molecule has 2 aliphatic carbocycles. The van der Waals surface area contributed by atoms with Crippen molar-refractivity contribution < 1.29 is 4.74 Å². The number of hydrogen-bond acceptors (Lipinski definition) is 2. The van der Waals surface area contributed by atoms with Gasteiger partial charge in [-0.25, -0.2) is 0 Å². The number of rotatable bonds is 4. The monoisotopic (exact) mass is 231 g/mol. The predicted molar refractivity (Wildman–Crippen MR) is 69.3 cm³/mol. The predicted octanol–water partition coefficient (Wildman–Crippen LogP) is 3.00. The van der Waals surface area contributed by atoms with Crippen molar-refractivity contribution in [2.24, 2.45) is 5.73 Å². The van der Waals surface area contributed by atoms with Crippen molar-refractivity contribution in [1.29, 1.82) is 0 Å². The van der Waals surface area contributed by atoms with E-state index in [-0.39, 0.29) is 11.6 Å². The topological polar surface area (TPSA) is 35.2 Å². The molecule has 17 heavy (non-hydrogen) atoms. The Morgan fingerprint density at radius 1 is 1.06 bits per heavy atom. The van der Waals surface area contributed by atoms with Gasteiger partial charge in [-0.15, -0.1) is 0 Å². The van der Waals surface area contributed by atoms with E-state index in [0.29, 0.717) is 5.41 Å². The van der Waals surface area contributed by atoms with Gasteiger partial charge in [0.15, 0.2) is 0 Å². The average molecular weight is 231 g/mol. The summed E-state index contributed by atoms with van der Waals surface area (Å²) in [6.45, 7) is 4.10. The van der Waals surface area contributed by atoms with E-state index >= 15 is 0 Å². The van der Waals surface area contributed by atoms with E-state index in [1.54, 1.807) is 0 Å². The third kappa shape index (κ3) is 1.75. The average Bonchev–Trinajstić information content (AvgIpc) is 3.14. The molecule has 0 aliphatic heterocycles. The van der Waals surface area contributed by atoms with Gasteiger partial charge in [-0.1, -0.05) is 12.1 Å². The first-order valence-corrected chi connectivity index (χ1v) is 6.62. The summed E-state index contributed by atoms with van der Waals surface area (Å²) in [7, 11) is 0. The lowest BCUT2D eigenvalue weighted by molar-refractivity contribution is 0.242. The largest absolute Gasteiger partial charge is 0.491 e. The molecule has 0 heterocycles. The van der Waals surface area contributed by atoms with Crippen LogP contribution in [0, 0.1) is 0 Å². The summed E-state index contributed by atoms with van der Waals surface area (Å²) < 4.78 is 5.67. The zero-order chi connectivity index (χ0) is 12.1. The Morgan fingerprint density at radius 2 is 1.65 bits per heavy atom. The van der Waals surface area contributed by atoms with Crippen molar-refractivity contribution in [3.63, 3.8) is 0 Å². The van der Waals surface area contributed by atoms with Gasteiger partial charge < -0.3 is 10.5 Å². The fourth-order valence-corrected chi connectivity index (χ4v) is 2.94. The molecule has 0 radical (unpaired) electrons. The van der Waals surface area contributed by atoms with Crippen molar-refractivity contribution in [1.82, 2.24) is 0 Å². The summed E-state index contributed by atoms with van der Waals surface area (Å²) in [6.07, 6.45) is 5.14. The van der Waals surface area contributed by atoms with E-state index in [2.05, 4.69) is 38.1 Å². The van der Waals surface area contributed by atoms with Crippen molar-refractivity contribution in [2.75, 3.05) is 0 Å². The maximum absolute atomic E-state index is 6.41. The van der Waals surface area contributed by atoms with Crippen molar-refractivity contribution in [3.8, 4) is 5.75 Å². The molecule has 0 amide bonds. The standard InChI is InChI=1S/C15H21NO/c1-11(2)17-13-5-3-12(4-6-13)14(7-8-14)15(16)9-10-15/h3-6,11H,7-10,16H2,1-2H3. The minimum atomic E-state index is 0.105. The number of nitrogens with two attached hydrogens (primary N) is 1. The molecule has 2 fully saturated rings. The number of hydrogen-bond donors (Lipinski definition) is 1. The molecule has 3 rings (SSSR count). The van der Waals surface area contributed by atoms with Gasteiger partial charge in [0.25, 0.3) is 0 Å². The SMILES string of the molecule is CC(C)Oc1ccc(C2(C3(N)CC3)CC2)cc1. The third-order valence-corrected chi connectivity index (χ3v) is 4.27. The van der Waals surface area contributed by atoms with Crippen molar-refractivity contribution in [3.05, 3.63) is 29.8 Å². The molecule has 1 aromatic carbocycles. The van der Waals surface area contributed by atoms with E-state index in [0.717, 1.165) is 5.75 Å². The Bertz CT molecular complexity index is 413. The molecular weight excluding hydrogens is 210 g/mol. The smallest absolute Gasteiger partial charge is 0.119 e. The fraction of sp³-hybridized carbons (Fsp3) is 0.600. The summed E-state index contributed by atoms with van der Waals surface area (Å²) in [4.78, 5) is 0. The van der Waals surface area contributed by atoms with Crippen LogP contribution in [-0.2, 0) is 5.41 Å². The zero-order valence-corrected chi connectivity index (χ0v) is 10.7. The Hall–Kier alpha value is -1.02. The van der Waals surface area contributed by atoms with Gasteiger partial charge in [0.1, 0.15) is 5.75 Å². The lowest BCUT2D eigenvalue weighted by atomic mass is 9.86. The molecule has 92 valence electrons. The second kappa shape index (κ2) is 3.49. The highest BCUT2D eigenvalue weighted by atomic mass is 16.5. The summed E-state index contributed by atoms with van der Waals surface area (Å²) in [5.41, 5.74) is 8.22. The molecule has 2 saturated carbocycles. The summed E-state index contributed by atoms with van der Waals surface area (Å²) in [5.74, 6) is 0.960. The van der Waals surface area contributed by atoms with Crippen LogP contribution >= 0.6 is 0 Å². The summed E-state index contributed by atoms with van der Waals surface area (Å²) in [6, 6.07) is 8.58. The summed E-state index contributed by atoms with van der Waals surface area (Å²) in [5, 5.41) is 0. The first-order valence-electron chi connectivity index (χ1n) is 6.62. The van der Waals surface area contributed by atoms with Crippen molar-refractivity contribution in [2.45, 2.75) is 56.6 Å². The van der Waals surface area contributed by atoms with Crippen LogP contribution in [0.15, 0.2) is 24.3 Å². The Kier molecular flexibility index (Phi) is 2.27. The molecule has 2 aliphatic rings. The van der Waals surface area contributed by atoms with Gasteiger partial charge in [0.05, 0.1) is 6.10 Å². The molecule has 2 N–H and O–H groups in total. The highest BCUT2D eigenvalue weighted by Crippen LogP contribution is 2.63. The Balaban J connectivity index is 1.81. The van der Waals surface area contributed by atoms with Gasteiger partial charge in [-0.05, 0) is 57.2 Å². The minimum absolute atomic E-state index is 0.105. The van der Waals surface area contributed by atoms with Crippen LogP contribution in [0.4, 0.5) is 0 Å². The molecular formula is C15H21NO. The Labute approximate surface area is 103 Å². The van der Waals surface area contributed by atoms with Crippen LogP contribution in [-0.4, -0.2) is 11.6 Å². The highest BCUT2D eigenvalue weighted by Gasteiger charge is 2.63. The third-order valence-electron chi connectivity index (χ3n) is 4.27. The molecule has 0 spiro atoms. The quantitative estimate of drug-likeness (QED) is 0.864. The van der Waals surface area contributed by atoms with E-state index in [1.807, 2.05) is 0 Å². The minimum Gasteiger partial charge on any atom is -0.491 e. The molecule has 2 heteroatoms. The van der Waals surface area contributed by atoms with Gasteiger partial charge in [0.2, 0.25) is 0 Å². The zero-order valence-electron chi connectivity index (χ0n) is 10.7. The van der Waals surface area contributed by atoms with E-state index in [1.165, 1.54) is 31.2 Å². The second-order valence-corrected chi connectivity index (χ2v) is 5.93. The van der Waals surface area contributed by atoms with E-state index < -0.39 is 0 Å². The molecule has 1 aromatic rings. The lowest BCUT2D eigenvalue weighted by Crippen LogP contribution is -2.37. The van der Waals surface area contributed by atoms with Gasteiger partial charge in [-0.3, -0.25) is 0 Å².